The van der Waals surface area contributed by atoms with E-state index in [-0.39, 0.29) is 0 Å². The van der Waals surface area contributed by atoms with Gasteiger partial charge in [0.2, 0.25) is 0 Å². The fraction of sp³-hybridized carbons (Fsp3) is 1.00. The lowest BCUT2D eigenvalue weighted by Gasteiger charge is -2.02. The van der Waals surface area contributed by atoms with Crippen molar-refractivity contribution in [2.45, 2.75) is 45.4 Å². The van der Waals surface area contributed by atoms with Crippen LogP contribution in [0.1, 0.15) is 45.4 Å². The van der Waals surface area contributed by atoms with E-state index in [0.717, 1.165) is 0 Å². The van der Waals surface area contributed by atoms with Gasteiger partial charge in [-0.25, -0.2) is 0 Å². The van der Waals surface area contributed by atoms with Gasteiger partial charge < -0.3 is 5.32 Å². The van der Waals surface area contributed by atoms with Crippen LogP contribution in [0.3, 0.4) is 0 Å². The second kappa shape index (κ2) is 11.7. The number of alkyl halides is 1. The average molecular weight is 283 g/mol. The van der Waals surface area contributed by atoms with Crippen molar-refractivity contribution in [3.05, 3.63) is 0 Å². The SMILES string of the molecule is CCCCCCCNCCCI. The molecule has 74 valence electrons. The van der Waals surface area contributed by atoms with Gasteiger partial charge in [0, 0.05) is 4.43 Å². The van der Waals surface area contributed by atoms with Crippen molar-refractivity contribution in [1.29, 1.82) is 0 Å². The van der Waals surface area contributed by atoms with E-state index in [1.165, 1.54) is 56.0 Å². The zero-order chi connectivity index (χ0) is 9.07. The summed E-state index contributed by atoms with van der Waals surface area (Å²) in [6.07, 6.45) is 8.27. The molecule has 2 heteroatoms. The molecule has 0 aromatic heterocycles. The van der Waals surface area contributed by atoms with Gasteiger partial charge in [-0.3, -0.25) is 0 Å². The third kappa shape index (κ3) is 10.7. The van der Waals surface area contributed by atoms with Crippen molar-refractivity contribution in [3.63, 3.8) is 0 Å². The Balaban J connectivity index is 2.73. The highest BCUT2D eigenvalue weighted by atomic mass is 127. The third-order valence-electron chi connectivity index (χ3n) is 1.94. The van der Waals surface area contributed by atoms with E-state index in [4.69, 9.17) is 0 Å². The molecule has 0 spiro atoms. The van der Waals surface area contributed by atoms with Crippen molar-refractivity contribution in [1.82, 2.24) is 5.32 Å². The zero-order valence-corrected chi connectivity index (χ0v) is 10.4. The Morgan fingerprint density at radius 2 is 1.58 bits per heavy atom. The second-order valence-electron chi connectivity index (χ2n) is 3.21. The summed E-state index contributed by atoms with van der Waals surface area (Å²) in [6.45, 7) is 4.69. The van der Waals surface area contributed by atoms with Crippen LogP contribution in [0.15, 0.2) is 0 Å². The van der Waals surface area contributed by atoms with Crippen LogP contribution in [0.4, 0.5) is 0 Å². The van der Waals surface area contributed by atoms with Crippen molar-refractivity contribution in [2.24, 2.45) is 0 Å². The zero-order valence-electron chi connectivity index (χ0n) is 8.24. The van der Waals surface area contributed by atoms with Gasteiger partial charge in [-0.05, 0) is 25.9 Å². The standard InChI is InChI=1S/C10H22IN/c1-2-3-4-5-6-9-12-10-7-8-11/h12H,2-10H2,1H3. The Hall–Kier alpha value is 0.690. The lowest BCUT2D eigenvalue weighted by molar-refractivity contribution is 0.583. The minimum atomic E-state index is 1.21. The highest BCUT2D eigenvalue weighted by Crippen LogP contribution is 2.00. The van der Waals surface area contributed by atoms with Gasteiger partial charge in [0.15, 0.2) is 0 Å². The molecule has 0 aromatic rings. The van der Waals surface area contributed by atoms with Crippen LogP contribution in [0.5, 0.6) is 0 Å². The Kier molecular flexibility index (Phi) is 12.4. The molecule has 0 fully saturated rings. The summed E-state index contributed by atoms with van der Waals surface area (Å²) in [4.78, 5) is 0. The van der Waals surface area contributed by atoms with Crippen LogP contribution in [0.2, 0.25) is 0 Å². The number of hydrogen-bond donors (Lipinski definition) is 1. The van der Waals surface area contributed by atoms with Crippen LogP contribution in [0.25, 0.3) is 0 Å². The first kappa shape index (κ1) is 12.7. The molecule has 0 atom stereocenters. The van der Waals surface area contributed by atoms with Crippen LogP contribution in [-0.4, -0.2) is 17.5 Å². The number of hydrogen-bond acceptors (Lipinski definition) is 1. The molecule has 12 heavy (non-hydrogen) atoms. The number of unbranched alkanes of at least 4 members (excludes halogenated alkanes) is 4. The summed E-state index contributed by atoms with van der Waals surface area (Å²) in [5.74, 6) is 0. The minimum Gasteiger partial charge on any atom is -0.317 e. The molecule has 0 amide bonds. The van der Waals surface area contributed by atoms with Crippen LogP contribution in [-0.2, 0) is 0 Å². The van der Waals surface area contributed by atoms with Crippen molar-refractivity contribution in [3.8, 4) is 0 Å². The maximum absolute atomic E-state index is 3.46. The molecule has 0 radical (unpaired) electrons. The second-order valence-corrected chi connectivity index (χ2v) is 4.29. The number of halogens is 1. The molecule has 0 saturated carbocycles. The monoisotopic (exact) mass is 283 g/mol. The maximum atomic E-state index is 3.46. The molecule has 0 bridgehead atoms. The van der Waals surface area contributed by atoms with Crippen LogP contribution >= 0.6 is 22.6 Å². The third-order valence-corrected chi connectivity index (χ3v) is 2.71. The molecule has 0 saturated heterocycles. The highest BCUT2D eigenvalue weighted by Gasteiger charge is 1.88. The van der Waals surface area contributed by atoms with Gasteiger partial charge >= 0.3 is 0 Å². The Morgan fingerprint density at radius 3 is 2.25 bits per heavy atom. The predicted octanol–water partition coefficient (Wildman–Crippen LogP) is 3.37. The minimum absolute atomic E-state index is 1.21. The van der Waals surface area contributed by atoms with Gasteiger partial charge in [-0.15, -0.1) is 0 Å². The topological polar surface area (TPSA) is 12.0 Å². The molecule has 0 rings (SSSR count). The Labute approximate surface area is 90.8 Å². The van der Waals surface area contributed by atoms with Crippen molar-refractivity contribution < 1.29 is 0 Å². The first-order chi connectivity index (χ1) is 5.91. The first-order valence-electron chi connectivity index (χ1n) is 5.18. The van der Waals surface area contributed by atoms with Crippen LogP contribution in [0, 0.1) is 0 Å². The van der Waals surface area contributed by atoms with Gasteiger partial charge in [-0.2, -0.15) is 0 Å². The number of rotatable bonds is 9. The van der Waals surface area contributed by atoms with E-state index >= 15 is 0 Å². The molecule has 0 heterocycles. The van der Waals surface area contributed by atoms with E-state index < -0.39 is 0 Å². The summed E-state index contributed by atoms with van der Waals surface area (Å²) in [7, 11) is 0. The highest BCUT2D eigenvalue weighted by molar-refractivity contribution is 14.1. The largest absolute Gasteiger partial charge is 0.317 e. The molecule has 0 aliphatic carbocycles. The summed E-state index contributed by atoms with van der Waals surface area (Å²) >= 11 is 2.43. The molecule has 0 aliphatic rings. The van der Waals surface area contributed by atoms with E-state index in [1.54, 1.807) is 0 Å². The summed E-state index contributed by atoms with van der Waals surface area (Å²) in [5, 5.41) is 3.46. The molecule has 0 aliphatic heterocycles. The molecule has 0 aromatic carbocycles. The lowest BCUT2D eigenvalue weighted by Crippen LogP contribution is -2.16. The molecule has 1 N–H and O–H groups in total. The number of nitrogens with one attached hydrogen (secondary N) is 1. The summed E-state index contributed by atoms with van der Waals surface area (Å²) < 4.78 is 1.28. The van der Waals surface area contributed by atoms with E-state index in [9.17, 15) is 0 Å². The fourth-order valence-electron chi connectivity index (χ4n) is 1.17. The Morgan fingerprint density at radius 1 is 0.917 bits per heavy atom. The average Bonchev–Trinajstić information content (AvgIpc) is 2.10. The molecule has 0 unspecified atom stereocenters. The Bertz CT molecular complexity index is 66.2. The molecular formula is C10H22IN. The van der Waals surface area contributed by atoms with E-state index in [1.807, 2.05) is 0 Å². The van der Waals surface area contributed by atoms with E-state index in [0.29, 0.717) is 0 Å². The predicted molar refractivity (Wildman–Crippen MR) is 65.1 cm³/mol. The molecule has 1 nitrogen and oxygen atoms in total. The van der Waals surface area contributed by atoms with Crippen molar-refractivity contribution >= 4 is 22.6 Å². The first-order valence-corrected chi connectivity index (χ1v) is 6.71. The fourth-order valence-corrected chi connectivity index (χ4v) is 1.55. The lowest BCUT2D eigenvalue weighted by atomic mass is 10.1. The van der Waals surface area contributed by atoms with Gasteiger partial charge in [0.05, 0.1) is 0 Å². The quantitative estimate of drug-likeness (QED) is 0.388. The smallest absolute Gasteiger partial charge is 0.000735 e. The summed E-state index contributed by atoms with van der Waals surface area (Å²) in [5.41, 5.74) is 0. The normalized spacial score (nSPS) is 10.5. The molecular weight excluding hydrogens is 261 g/mol. The van der Waals surface area contributed by atoms with Gasteiger partial charge in [0.1, 0.15) is 0 Å². The van der Waals surface area contributed by atoms with Crippen molar-refractivity contribution in [2.75, 3.05) is 17.5 Å². The summed E-state index contributed by atoms with van der Waals surface area (Å²) in [6, 6.07) is 0. The van der Waals surface area contributed by atoms with Gasteiger partial charge in [0.25, 0.3) is 0 Å². The van der Waals surface area contributed by atoms with E-state index in [2.05, 4.69) is 34.8 Å². The maximum Gasteiger partial charge on any atom is 0.000735 e. The van der Waals surface area contributed by atoms with Crippen LogP contribution < -0.4 is 5.32 Å². The van der Waals surface area contributed by atoms with Gasteiger partial charge in [-0.1, -0.05) is 55.2 Å².